The molecule has 3 fully saturated rings. The van der Waals surface area contributed by atoms with E-state index in [0.717, 1.165) is 37.8 Å². The van der Waals surface area contributed by atoms with Gasteiger partial charge >= 0.3 is 0 Å². The summed E-state index contributed by atoms with van der Waals surface area (Å²) in [4.78, 5) is 34.6. The molecule has 1 saturated heterocycles. The van der Waals surface area contributed by atoms with Crippen molar-refractivity contribution in [1.29, 1.82) is 0 Å². The van der Waals surface area contributed by atoms with Crippen molar-refractivity contribution in [3.05, 3.63) is 29.6 Å². The number of β-amino-alcohol motifs (C(OH)–C–C–N with tert-alkyl or cyclic N) is 1. The molecule has 2 aliphatic carbocycles. The van der Waals surface area contributed by atoms with Gasteiger partial charge in [-0.25, -0.2) is 0 Å². The zero-order valence-electron chi connectivity index (χ0n) is 20.1. The molecule has 1 N–H and O–H groups in total. The third kappa shape index (κ3) is 4.20. The van der Waals surface area contributed by atoms with Crippen LogP contribution in [0.4, 0.5) is 0 Å². The van der Waals surface area contributed by atoms with Crippen molar-refractivity contribution in [3.63, 3.8) is 0 Å². The largest absolute Gasteiger partial charge is 0.387 e. The molecule has 6 nitrogen and oxygen atoms in total. The van der Waals surface area contributed by atoms with Gasteiger partial charge in [-0.05, 0) is 43.7 Å². The van der Waals surface area contributed by atoms with E-state index in [1.165, 1.54) is 32.1 Å². The van der Waals surface area contributed by atoms with E-state index in [1.807, 2.05) is 6.07 Å². The summed E-state index contributed by atoms with van der Waals surface area (Å²) in [5.74, 6) is 0.983. The van der Waals surface area contributed by atoms with Crippen LogP contribution in [0.5, 0.6) is 0 Å². The van der Waals surface area contributed by atoms with E-state index in [-0.39, 0.29) is 23.1 Å². The minimum absolute atomic E-state index is 0.0284. The van der Waals surface area contributed by atoms with Crippen molar-refractivity contribution in [2.24, 2.45) is 17.3 Å². The number of nitrogens with zero attached hydrogens (tertiary/aromatic N) is 3. The Hall–Kier alpha value is -1.95. The first-order valence-corrected chi connectivity index (χ1v) is 13.2. The Morgan fingerprint density at radius 2 is 1.94 bits per heavy atom. The van der Waals surface area contributed by atoms with E-state index in [9.17, 15) is 14.7 Å². The predicted molar refractivity (Wildman–Crippen MR) is 126 cm³/mol. The molecule has 1 spiro atoms. The maximum atomic E-state index is 13.4. The van der Waals surface area contributed by atoms with Crippen LogP contribution >= 0.6 is 0 Å². The molecule has 1 aromatic rings. The summed E-state index contributed by atoms with van der Waals surface area (Å²) in [5, 5.41) is 12.0. The molecule has 2 aliphatic heterocycles. The second-order valence-electron chi connectivity index (χ2n) is 11.3. The van der Waals surface area contributed by atoms with Crippen LogP contribution in [0, 0.1) is 17.3 Å². The molecule has 180 valence electrons. The van der Waals surface area contributed by atoms with Crippen LogP contribution in [0.15, 0.2) is 18.3 Å². The Labute approximate surface area is 197 Å². The fraction of sp³-hybridized carbons (Fsp3) is 0.741. The van der Waals surface area contributed by atoms with Gasteiger partial charge in [-0.2, -0.15) is 0 Å². The molecule has 4 aliphatic rings. The zero-order chi connectivity index (χ0) is 23.1. The topological polar surface area (TPSA) is 73.7 Å². The molecule has 1 aromatic heterocycles. The molecule has 6 heteroatoms. The molecule has 2 amide bonds. The van der Waals surface area contributed by atoms with Gasteiger partial charge in [-0.15, -0.1) is 0 Å². The first-order valence-electron chi connectivity index (χ1n) is 13.2. The van der Waals surface area contributed by atoms with E-state index in [1.54, 1.807) is 17.2 Å². The van der Waals surface area contributed by atoms with Gasteiger partial charge in [0.2, 0.25) is 5.91 Å². The quantitative estimate of drug-likeness (QED) is 0.726. The van der Waals surface area contributed by atoms with Gasteiger partial charge < -0.3 is 14.9 Å². The van der Waals surface area contributed by atoms with Crippen molar-refractivity contribution in [2.45, 2.75) is 89.7 Å². The molecular formula is C27H39N3O3. The van der Waals surface area contributed by atoms with Crippen LogP contribution in [0.2, 0.25) is 0 Å². The minimum Gasteiger partial charge on any atom is -0.387 e. The fourth-order valence-electron chi connectivity index (χ4n) is 7.25. The number of amides is 2. The van der Waals surface area contributed by atoms with E-state index < -0.39 is 5.60 Å². The second kappa shape index (κ2) is 9.01. The number of carbonyl (C=O) groups is 2. The lowest BCUT2D eigenvalue weighted by atomic mass is 9.65. The molecule has 2 unspecified atom stereocenters. The lowest BCUT2D eigenvalue weighted by Gasteiger charge is -2.53. The molecule has 33 heavy (non-hydrogen) atoms. The number of carbonyl (C=O) groups excluding carboxylic acids is 2. The Bertz CT molecular complexity index is 890. The molecule has 0 bridgehead atoms. The van der Waals surface area contributed by atoms with Crippen molar-refractivity contribution < 1.29 is 14.7 Å². The van der Waals surface area contributed by atoms with E-state index in [4.69, 9.17) is 0 Å². The number of likely N-dealkylation sites (tertiary alicyclic amines) is 1. The van der Waals surface area contributed by atoms with Crippen LogP contribution in [0.3, 0.4) is 0 Å². The molecule has 5 rings (SSSR count). The monoisotopic (exact) mass is 453 g/mol. The Morgan fingerprint density at radius 3 is 2.67 bits per heavy atom. The molecular weight excluding hydrogens is 414 g/mol. The van der Waals surface area contributed by atoms with Gasteiger partial charge in [0.05, 0.1) is 29.9 Å². The van der Waals surface area contributed by atoms with E-state index in [2.05, 4.69) is 16.8 Å². The van der Waals surface area contributed by atoms with Crippen molar-refractivity contribution >= 4 is 11.8 Å². The number of hydrogen-bond donors (Lipinski definition) is 1. The Morgan fingerprint density at radius 1 is 1.18 bits per heavy atom. The highest BCUT2D eigenvalue weighted by Crippen LogP contribution is 2.52. The van der Waals surface area contributed by atoms with Gasteiger partial charge in [-0.3, -0.25) is 14.6 Å². The highest BCUT2D eigenvalue weighted by atomic mass is 16.3. The maximum absolute atomic E-state index is 13.4. The number of aliphatic hydroxyl groups is 1. The molecule has 2 atom stereocenters. The molecule has 0 radical (unpaired) electrons. The normalized spacial score (nSPS) is 28.4. The lowest BCUT2D eigenvalue weighted by molar-refractivity contribution is -0.163. The SMILES string of the molecule is CC(CC1CCCCC1)C(=O)N1CCC(O)(CN2Cc3ncccc3C2=O)C2(CCCC2)C1. The first-order chi connectivity index (χ1) is 15.9. The summed E-state index contributed by atoms with van der Waals surface area (Å²) in [5.41, 5.74) is 0.194. The number of fused-ring (bicyclic) bond motifs is 1. The number of hydrogen-bond acceptors (Lipinski definition) is 4. The third-order valence-corrected chi connectivity index (χ3v) is 9.18. The van der Waals surface area contributed by atoms with Crippen LogP contribution in [-0.4, -0.2) is 56.9 Å². The Balaban J connectivity index is 1.28. The number of rotatable bonds is 5. The summed E-state index contributed by atoms with van der Waals surface area (Å²) < 4.78 is 0. The standard InChI is InChI=1S/C27H39N3O3/c1-20(16-21-8-3-2-4-9-21)24(31)29-15-13-27(33,26(18-29)11-5-6-12-26)19-30-17-23-22(25(30)32)10-7-14-28-23/h7,10,14,20-21,33H,2-6,8-9,11-13,15-19H2,1H3. The fourth-order valence-corrected chi connectivity index (χ4v) is 7.25. The van der Waals surface area contributed by atoms with Gasteiger partial charge in [0, 0.05) is 30.6 Å². The van der Waals surface area contributed by atoms with E-state index >= 15 is 0 Å². The average Bonchev–Trinajstić information content (AvgIpc) is 3.42. The van der Waals surface area contributed by atoms with Gasteiger partial charge in [0.1, 0.15) is 0 Å². The maximum Gasteiger partial charge on any atom is 0.256 e. The van der Waals surface area contributed by atoms with Crippen molar-refractivity contribution in [3.8, 4) is 0 Å². The highest BCUT2D eigenvalue weighted by Gasteiger charge is 2.56. The molecule has 2 saturated carbocycles. The van der Waals surface area contributed by atoms with Gasteiger partial charge in [0.15, 0.2) is 0 Å². The van der Waals surface area contributed by atoms with Crippen LogP contribution < -0.4 is 0 Å². The van der Waals surface area contributed by atoms with Crippen LogP contribution in [0.25, 0.3) is 0 Å². The summed E-state index contributed by atoms with van der Waals surface area (Å²) in [6.45, 7) is 4.12. The first kappa shape index (κ1) is 22.8. The van der Waals surface area contributed by atoms with E-state index in [0.29, 0.717) is 44.1 Å². The van der Waals surface area contributed by atoms with Gasteiger partial charge in [0.25, 0.3) is 5.91 Å². The summed E-state index contributed by atoms with van der Waals surface area (Å²) in [7, 11) is 0. The van der Waals surface area contributed by atoms with Crippen molar-refractivity contribution in [1.82, 2.24) is 14.8 Å². The number of pyridine rings is 1. The zero-order valence-corrected chi connectivity index (χ0v) is 20.1. The molecule has 3 heterocycles. The van der Waals surface area contributed by atoms with Gasteiger partial charge in [-0.1, -0.05) is 51.9 Å². The van der Waals surface area contributed by atoms with Crippen LogP contribution in [0.1, 0.15) is 93.6 Å². The molecule has 0 aromatic carbocycles. The van der Waals surface area contributed by atoms with Crippen LogP contribution in [-0.2, 0) is 11.3 Å². The summed E-state index contributed by atoms with van der Waals surface area (Å²) in [6.07, 6.45) is 13.8. The van der Waals surface area contributed by atoms with Crippen molar-refractivity contribution in [2.75, 3.05) is 19.6 Å². The smallest absolute Gasteiger partial charge is 0.256 e. The predicted octanol–water partition coefficient (Wildman–Crippen LogP) is 4.17. The summed E-state index contributed by atoms with van der Waals surface area (Å²) >= 11 is 0. The number of aromatic nitrogens is 1. The third-order valence-electron chi connectivity index (χ3n) is 9.18. The minimum atomic E-state index is -0.954. The highest BCUT2D eigenvalue weighted by molar-refractivity contribution is 5.97. The lowest BCUT2D eigenvalue weighted by Crippen LogP contribution is -2.64. The second-order valence-corrected chi connectivity index (χ2v) is 11.3. The number of piperidine rings is 1. The Kier molecular flexibility index (Phi) is 6.23. The average molecular weight is 454 g/mol. The summed E-state index contributed by atoms with van der Waals surface area (Å²) in [6, 6.07) is 3.63.